The van der Waals surface area contributed by atoms with Crippen LogP contribution in [0.3, 0.4) is 0 Å². The van der Waals surface area contributed by atoms with Gasteiger partial charge in [0.15, 0.2) is 11.6 Å². The number of primary sulfonamides is 1. The van der Waals surface area contributed by atoms with E-state index in [4.69, 9.17) is 10.9 Å². The number of anilines is 3. The minimum absolute atomic E-state index is 0.0320. The van der Waals surface area contributed by atoms with E-state index < -0.39 is 26.5 Å². The van der Waals surface area contributed by atoms with Crippen LogP contribution in [0.4, 0.5) is 17.1 Å². The van der Waals surface area contributed by atoms with E-state index in [1.807, 2.05) is 32.0 Å². The summed E-state index contributed by atoms with van der Waals surface area (Å²) in [6.45, 7) is 3.78. The first-order valence-electron chi connectivity index (χ1n) is 9.11. The summed E-state index contributed by atoms with van der Waals surface area (Å²) in [5.41, 5.74) is 8.68. The number of nitrogens with two attached hydrogens (primary N) is 2. The number of aryl methyl sites for hydroxylation is 2. The molecule has 0 heterocycles. The molecule has 3 aromatic rings. The minimum atomic E-state index is -4.25. The highest BCUT2D eigenvalue weighted by atomic mass is 32.2. The van der Waals surface area contributed by atoms with E-state index in [2.05, 4.69) is 5.32 Å². The SMILES string of the molecule is Cc1ccc(C)c(Nc2cc(S(N)(=O)=O)c(N)c3c2C(=O)c2ccccc2C3=O)c1. The normalized spacial score (nSPS) is 13.0. The van der Waals surface area contributed by atoms with E-state index in [0.717, 1.165) is 11.1 Å². The Bertz CT molecular complexity index is 1360. The second-order valence-corrected chi connectivity index (χ2v) is 8.81. The van der Waals surface area contributed by atoms with Gasteiger partial charge in [-0.1, -0.05) is 36.4 Å². The third kappa shape index (κ3) is 3.06. The van der Waals surface area contributed by atoms with Crippen LogP contribution in [0.15, 0.2) is 53.4 Å². The first kappa shape index (κ1) is 19.8. The Morgan fingerprint density at radius 2 is 1.43 bits per heavy atom. The van der Waals surface area contributed by atoms with Crippen LogP contribution in [-0.4, -0.2) is 20.0 Å². The standard InChI is InChI=1S/C22H19N3O4S/c1-11-7-8-12(2)15(9-11)25-16-10-17(30(24,28)29)20(23)19-18(16)21(26)13-5-3-4-6-14(13)22(19)27/h3-10,25H,23H2,1-2H3,(H2,24,28,29). The highest BCUT2D eigenvalue weighted by Gasteiger charge is 2.36. The molecule has 0 radical (unpaired) electrons. The van der Waals surface area contributed by atoms with Crippen molar-refractivity contribution in [3.63, 3.8) is 0 Å². The Hall–Kier alpha value is -3.49. The molecular formula is C22H19N3O4S. The molecule has 0 spiro atoms. The summed E-state index contributed by atoms with van der Waals surface area (Å²) in [5, 5.41) is 8.46. The number of carbonyl (C=O) groups excluding carboxylic acids is 2. The molecule has 0 aromatic heterocycles. The third-order valence-corrected chi connectivity index (χ3v) is 6.12. The zero-order valence-corrected chi connectivity index (χ0v) is 17.1. The number of carbonyl (C=O) groups is 2. The van der Waals surface area contributed by atoms with Crippen molar-refractivity contribution < 1.29 is 18.0 Å². The smallest absolute Gasteiger partial charge is 0.240 e. The predicted molar refractivity (Wildman–Crippen MR) is 115 cm³/mol. The van der Waals surface area contributed by atoms with E-state index in [1.165, 1.54) is 12.1 Å². The number of sulfonamides is 1. The van der Waals surface area contributed by atoms with Crippen molar-refractivity contribution >= 4 is 38.7 Å². The third-order valence-electron chi connectivity index (χ3n) is 5.17. The molecule has 3 aromatic carbocycles. The molecule has 0 bridgehead atoms. The van der Waals surface area contributed by atoms with Crippen LogP contribution < -0.4 is 16.2 Å². The molecule has 1 aliphatic carbocycles. The maximum absolute atomic E-state index is 13.3. The Balaban J connectivity index is 2.05. The highest BCUT2D eigenvalue weighted by Crippen LogP contribution is 2.40. The van der Waals surface area contributed by atoms with Crippen molar-refractivity contribution in [2.24, 2.45) is 5.14 Å². The van der Waals surface area contributed by atoms with Gasteiger partial charge in [0.1, 0.15) is 4.90 Å². The topological polar surface area (TPSA) is 132 Å². The van der Waals surface area contributed by atoms with Crippen molar-refractivity contribution in [2.75, 3.05) is 11.1 Å². The number of nitrogens with one attached hydrogen (secondary N) is 1. The van der Waals surface area contributed by atoms with Gasteiger partial charge in [0.05, 0.1) is 22.5 Å². The van der Waals surface area contributed by atoms with Gasteiger partial charge < -0.3 is 11.1 Å². The van der Waals surface area contributed by atoms with E-state index in [0.29, 0.717) is 5.69 Å². The van der Waals surface area contributed by atoms with Crippen LogP contribution in [-0.2, 0) is 10.0 Å². The van der Waals surface area contributed by atoms with Gasteiger partial charge in [-0.3, -0.25) is 9.59 Å². The lowest BCUT2D eigenvalue weighted by Gasteiger charge is -2.24. The first-order chi connectivity index (χ1) is 14.1. The molecule has 0 unspecified atom stereocenters. The highest BCUT2D eigenvalue weighted by molar-refractivity contribution is 7.89. The predicted octanol–water partition coefficient (Wildman–Crippen LogP) is 3.05. The molecule has 7 nitrogen and oxygen atoms in total. The molecule has 0 amide bonds. The first-order valence-corrected chi connectivity index (χ1v) is 10.7. The second kappa shape index (κ2) is 6.79. The van der Waals surface area contributed by atoms with Crippen LogP contribution in [0.2, 0.25) is 0 Å². The average Bonchev–Trinajstić information content (AvgIpc) is 2.69. The molecule has 4 rings (SSSR count). The zero-order valence-electron chi connectivity index (χ0n) is 16.3. The minimum Gasteiger partial charge on any atom is -0.397 e. The largest absolute Gasteiger partial charge is 0.397 e. The van der Waals surface area contributed by atoms with Crippen molar-refractivity contribution in [2.45, 2.75) is 18.7 Å². The Kier molecular flexibility index (Phi) is 4.48. The number of rotatable bonds is 3. The molecule has 0 fully saturated rings. The van der Waals surface area contributed by atoms with Gasteiger partial charge in [-0.05, 0) is 37.1 Å². The summed E-state index contributed by atoms with van der Waals surface area (Å²) in [4.78, 5) is 26.1. The molecule has 1 aliphatic rings. The number of nitrogen functional groups attached to an aromatic ring is 1. The van der Waals surface area contributed by atoms with Crippen molar-refractivity contribution in [1.29, 1.82) is 0 Å². The Morgan fingerprint density at radius 3 is 2.03 bits per heavy atom. The fourth-order valence-electron chi connectivity index (χ4n) is 3.64. The number of fused-ring (bicyclic) bond motifs is 2. The summed E-state index contributed by atoms with van der Waals surface area (Å²) in [6, 6.07) is 13.3. The van der Waals surface area contributed by atoms with Crippen molar-refractivity contribution in [1.82, 2.24) is 0 Å². The summed E-state index contributed by atoms with van der Waals surface area (Å²) in [5.74, 6) is -0.937. The van der Waals surface area contributed by atoms with Crippen LogP contribution in [0.5, 0.6) is 0 Å². The molecule has 0 saturated carbocycles. The second-order valence-electron chi connectivity index (χ2n) is 7.28. The summed E-state index contributed by atoms with van der Waals surface area (Å²) < 4.78 is 24.3. The fraction of sp³-hybridized carbons (Fsp3) is 0.0909. The molecule has 8 heteroatoms. The molecule has 0 saturated heterocycles. The number of hydrogen-bond acceptors (Lipinski definition) is 6. The zero-order chi connectivity index (χ0) is 21.8. The van der Waals surface area contributed by atoms with Crippen molar-refractivity contribution in [3.05, 3.63) is 81.9 Å². The summed E-state index contributed by atoms with van der Waals surface area (Å²) in [6.07, 6.45) is 0. The monoisotopic (exact) mass is 421 g/mol. The fourth-order valence-corrected chi connectivity index (χ4v) is 4.33. The number of benzene rings is 3. The number of ketones is 2. The van der Waals surface area contributed by atoms with Crippen LogP contribution >= 0.6 is 0 Å². The summed E-state index contributed by atoms with van der Waals surface area (Å²) >= 11 is 0. The molecular weight excluding hydrogens is 402 g/mol. The van der Waals surface area contributed by atoms with Crippen LogP contribution in [0.1, 0.15) is 43.0 Å². The lowest BCUT2D eigenvalue weighted by molar-refractivity contribution is 0.0980. The van der Waals surface area contributed by atoms with E-state index in [9.17, 15) is 18.0 Å². The van der Waals surface area contributed by atoms with Gasteiger partial charge >= 0.3 is 0 Å². The Labute approximate surface area is 173 Å². The van der Waals surface area contributed by atoms with Gasteiger partial charge in [0, 0.05) is 16.8 Å². The Morgan fingerprint density at radius 1 is 0.833 bits per heavy atom. The molecule has 152 valence electrons. The van der Waals surface area contributed by atoms with Crippen LogP contribution in [0, 0.1) is 13.8 Å². The van der Waals surface area contributed by atoms with E-state index in [1.54, 1.807) is 18.2 Å². The molecule has 30 heavy (non-hydrogen) atoms. The van der Waals surface area contributed by atoms with Crippen LogP contribution in [0.25, 0.3) is 0 Å². The van der Waals surface area contributed by atoms with E-state index >= 15 is 0 Å². The maximum Gasteiger partial charge on any atom is 0.240 e. The van der Waals surface area contributed by atoms with Gasteiger partial charge in [-0.2, -0.15) is 0 Å². The van der Waals surface area contributed by atoms with Gasteiger partial charge in [-0.25, -0.2) is 13.6 Å². The van der Waals surface area contributed by atoms with Gasteiger partial charge in [0.2, 0.25) is 10.0 Å². The number of hydrogen-bond donors (Lipinski definition) is 3. The average molecular weight is 421 g/mol. The molecule has 0 atom stereocenters. The lowest BCUT2D eigenvalue weighted by atomic mass is 9.82. The quantitative estimate of drug-likeness (QED) is 0.436. The molecule has 5 N–H and O–H groups in total. The van der Waals surface area contributed by atoms with Gasteiger partial charge in [-0.15, -0.1) is 0 Å². The van der Waals surface area contributed by atoms with Crippen molar-refractivity contribution in [3.8, 4) is 0 Å². The lowest BCUT2D eigenvalue weighted by Crippen LogP contribution is -2.26. The van der Waals surface area contributed by atoms with E-state index in [-0.39, 0.29) is 33.6 Å². The molecule has 0 aliphatic heterocycles. The summed E-state index contributed by atoms with van der Waals surface area (Å²) in [7, 11) is -4.25. The maximum atomic E-state index is 13.3. The van der Waals surface area contributed by atoms with Gasteiger partial charge in [0.25, 0.3) is 0 Å².